The van der Waals surface area contributed by atoms with Gasteiger partial charge in [0.25, 0.3) is 0 Å². The molecule has 2 aromatic rings. The van der Waals surface area contributed by atoms with E-state index in [4.69, 9.17) is 0 Å². The molecule has 0 aliphatic rings. The molecule has 0 fully saturated rings. The second-order valence-corrected chi connectivity index (χ2v) is 3.15. The van der Waals surface area contributed by atoms with Crippen LogP contribution < -0.4 is 0 Å². The highest BCUT2D eigenvalue weighted by molar-refractivity contribution is 5.73. The topological polar surface area (TPSA) is 34.9 Å². The highest BCUT2D eigenvalue weighted by atomic mass is 19.2. The van der Waals surface area contributed by atoms with Crippen LogP contribution in [0.15, 0.2) is 18.5 Å². The smallest absolute Gasteiger partial charge is 0.187 e. The molecule has 7 heteroatoms. The van der Waals surface area contributed by atoms with Gasteiger partial charge in [-0.05, 0) is 0 Å². The van der Waals surface area contributed by atoms with Crippen LogP contribution in [0.25, 0.3) is 5.69 Å². The molecule has 3 nitrogen and oxygen atoms in total. The molecule has 0 spiro atoms. The van der Waals surface area contributed by atoms with Gasteiger partial charge < -0.3 is 0 Å². The third kappa shape index (κ3) is 1.79. The molecule has 88 valence electrons. The minimum atomic E-state index is -1.58. The Hall–Kier alpha value is -2.18. The normalized spacial score (nSPS) is 10.6. The van der Waals surface area contributed by atoms with E-state index in [1.165, 1.54) is 0 Å². The summed E-state index contributed by atoms with van der Waals surface area (Å²) in [6.07, 6.45) is 2.34. The molecule has 0 aliphatic carbocycles. The molecule has 0 N–H and O–H groups in total. The van der Waals surface area contributed by atoms with Gasteiger partial charge in [-0.2, -0.15) is 5.10 Å². The Morgan fingerprint density at radius 2 is 1.71 bits per heavy atom. The van der Waals surface area contributed by atoms with Crippen molar-refractivity contribution in [3.05, 3.63) is 47.3 Å². The average molecular weight is 244 g/mol. The monoisotopic (exact) mass is 244 g/mol. The second kappa shape index (κ2) is 4.00. The summed E-state index contributed by atoms with van der Waals surface area (Å²) in [5, 5.41) is 3.43. The largest absolute Gasteiger partial charge is 0.298 e. The van der Waals surface area contributed by atoms with Crippen molar-refractivity contribution in [3.63, 3.8) is 0 Å². The van der Waals surface area contributed by atoms with Crippen molar-refractivity contribution in [2.75, 3.05) is 0 Å². The van der Waals surface area contributed by atoms with Gasteiger partial charge in [-0.1, -0.05) is 0 Å². The molecule has 1 aromatic carbocycles. The Morgan fingerprint density at radius 3 is 2.18 bits per heavy atom. The van der Waals surface area contributed by atoms with Crippen molar-refractivity contribution in [1.29, 1.82) is 0 Å². The predicted octanol–water partition coefficient (Wildman–Crippen LogP) is 2.24. The van der Waals surface area contributed by atoms with E-state index in [9.17, 15) is 22.4 Å². The van der Waals surface area contributed by atoms with Crippen molar-refractivity contribution < 1.29 is 22.4 Å². The molecule has 1 aromatic heterocycles. The maximum absolute atomic E-state index is 13.3. The summed E-state index contributed by atoms with van der Waals surface area (Å²) in [7, 11) is 0. The van der Waals surface area contributed by atoms with E-state index in [1.807, 2.05) is 0 Å². The summed E-state index contributed by atoms with van der Waals surface area (Å²) in [5.41, 5.74) is -0.982. The van der Waals surface area contributed by atoms with Crippen LogP contribution in [0, 0.1) is 23.3 Å². The Kier molecular flexibility index (Phi) is 2.66. The molecule has 0 saturated heterocycles. The molecule has 0 unspecified atom stereocenters. The minimum Gasteiger partial charge on any atom is -0.298 e. The number of aldehydes is 1. The van der Waals surface area contributed by atoms with Crippen LogP contribution in [0.5, 0.6) is 0 Å². The highest BCUT2D eigenvalue weighted by Crippen LogP contribution is 2.22. The fourth-order valence-electron chi connectivity index (χ4n) is 1.28. The summed E-state index contributed by atoms with van der Waals surface area (Å²) in [4.78, 5) is 10.4. The average Bonchev–Trinajstić information content (AvgIpc) is 2.75. The number of benzene rings is 1. The van der Waals surface area contributed by atoms with E-state index in [-0.39, 0.29) is 11.6 Å². The lowest BCUT2D eigenvalue weighted by Gasteiger charge is -2.06. The van der Waals surface area contributed by atoms with Crippen LogP contribution in [0.2, 0.25) is 0 Å². The van der Waals surface area contributed by atoms with Crippen LogP contribution in [-0.4, -0.2) is 16.1 Å². The number of nitrogens with zero attached hydrogens (tertiary/aromatic N) is 2. The SMILES string of the molecule is O=Cc1cnn(-c2c(F)c(F)cc(F)c2F)c1. The van der Waals surface area contributed by atoms with E-state index < -0.39 is 29.0 Å². The van der Waals surface area contributed by atoms with Gasteiger partial charge in [0, 0.05) is 12.3 Å². The van der Waals surface area contributed by atoms with Crippen molar-refractivity contribution in [2.45, 2.75) is 0 Å². The van der Waals surface area contributed by atoms with Gasteiger partial charge >= 0.3 is 0 Å². The number of carbonyl (C=O) groups is 1. The molecule has 0 amide bonds. The highest BCUT2D eigenvalue weighted by Gasteiger charge is 2.21. The van der Waals surface area contributed by atoms with Crippen molar-refractivity contribution in [2.24, 2.45) is 0 Å². The summed E-state index contributed by atoms with van der Waals surface area (Å²) in [6, 6.07) is 0.0955. The third-order valence-corrected chi connectivity index (χ3v) is 2.06. The molecule has 17 heavy (non-hydrogen) atoms. The predicted molar refractivity (Wildman–Crippen MR) is 48.8 cm³/mol. The van der Waals surface area contributed by atoms with Crippen LogP contribution in [-0.2, 0) is 0 Å². The molecule has 0 saturated carbocycles. The van der Waals surface area contributed by atoms with Gasteiger partial charge in [0.15, 0.2) is 29.6 Å². The van der Waals surface area contributed by atoms with Gasteiger partial charge in [0.05, 0.1) is 11.8 Å². The Labute approximate surface area is 92.3 Å². The standard InChI is InChI=1S/C10H4F4N2O/c11-6-1-7(12)9(14)10(8(6)13)16-3-5(4-17)2-15-16/h1-4H. The van der Waals surface area contributed by atoms with E-state index >= 15 is 0 Å². The molecule has 0 bridgehead atoms. The van der Waals surface area contributed by atoms with Crippen LogP contribution in [0.4, 0.5) is 17.6 Å². The lowest BCUT2D eigenvalue weighted by Crippen LogP contribution is -2.06. The molecule has 1 heterocycles. The Morgan fingerprint density at radius 1 is 1.12 bits per heavy atom. The first-order valence-electron chi connectivity index (χ1n) is 4.38. The molecular weight excluding hydrogens is 240 g/mol. The molecule has 2 rings (SSSR count). The van der Waals surface area contributed by atoms with E-state index in [1.54, 1.807) is 0 Å². The summed E-state index contributed by atoms with van der Waals surface area (Å²) >= 11 is 0. The number of halogens is 4. The number of hydrogen-bond donors (Lipinski definition) is 0. The van der Waals surface area contributed by atoms with E-state index in [0.717, 1.165) is 12.4 Å². The maximum Gasteiger partial charge on any atom is 0.187 e. The first kappa shape index (κ1) is 11.3. The van der Waals surface area contributed by atoms with Crippen LogP contribution in [0.1, 0.15) is 10.4 Å². The number of hydrogen-bond acceptors (Lipinski definition) is 2. The lowest BCUT2D eigenvalue weighted by molar-refractivity contribution is 0.112. The maximum atomic E-state index is 13.3. The second-order valence-electron chi connectivity index (χ2n) is 3.15. The van der Waals surface area contributed by atoms with Crippen LogP contribution >= 0.6 is 0 Å². The number of carbonyl (C=O) groups excluding carboxylic acids is 1. The molecule has 0 radical (unpaired) electrons. The third-order valence-electron chi connectivity index (χ3n) is 2.06. The van der Waals surface area contributed by atoms with E-state index in [2.05, 4.69) is 5.10 Å². The number of aromatic nitrogens is 2. The fraction of sp³-hybridized carbons (Fsp3) is 0. The van der Waals surface area contributed by atoms with Crippen molar-refractivity contribution >= 4 is 6.29 Å². The summed E-state index contributed by atoms with van der Waals surface area (Å²) < 4.78 is 53.0. The first-order valence-corrected chi connectivity index (χ1v) is 4.38. The van der Waals surface area contributed by atoms with Crippen molar-refractivity contribution in [1.82, 2.24) is 9.78 Å². The molecule has 0 aliphatic heterocycles. The van der Waals surface area contributed by atoms with Gasteiger partial charge in [0.1, 0.15) is 5.69 Å². The van der Waals surface area contributed by atoms with Gasteiger partial charge in [-0.3, -0.25) is 4.79 Å². The van der Waals surface area contributed by atoms with Gasteiger partial charge in [0.2, 0.25) is 0 Å². The number of rotatable bonds is 2. The summed E-state index contributed by atoms with van der Waals surface area (Å²) in [5.74, 6) is -6.24. The summed E-state index contributed by atoms with van der Waals surface area (Å²) in [6.45, 7) is 0. The van der Waals surface area contributed by atoms with Crippen LogP contribution in [0.3, 0.4) is 0 Å². The molecule has 0 atom stereocenters. The zero-order valence-electron chi connectivity index (χ0n) is 8.12. The quantitative estimate of drug-likeness (QED) is 0.461. The Bertz CT molecular complexity index is 568. The van der Waals surface area contributed by atoms with E-state index in [0.29, 0.717) is 11.0 Å². The first-order chi connectivity index (χ1) is 8.04. The molecular formula is C10H4F4N2O. The van der Waals surface area contributed by atoms with Crippen molar-refractivity contribution in [3.8, 4) is 5.69 Å². The fourth-order valence-corrected chi connectivity index (χ4v) is 1.28. The Balaban J connectivity index is 2.69. The minimum absolute atomic E-state index is 0.0217. The van der Waals surface area contributed by atoms with Gasteiger partial charge in [-0.25, -0.2) is 22.2 Å². The lowest BCUT2D eigenvalue weighted by atomic mass is 10.2. The zero-order valence-corrected chi connectivity index (χ0v) is 8.12. The van der Waals surface area contributed by atoms with Gasteiger partial charge in [-0.15, -0.1) is 0 Å². The zero-order chi connectivity index (χ0) is 12.6.